The van der Waals surface area contributed by atoms with E-state index < -0.39 is 16.3 Å². The minimum absolute atomic E-state index is 0.235. The van der Waals surface area contributed by atoms with Crippen molar-refractivity contribution in [3.05, 3.63) is 54.1 Å². The third-order valence-corrected chi connectivity index (χ3v) is 8.21. The first kappa shape index (κ1) is 20.5. The van der Waals surface area contributed by atoms with Gasteiger partial charge in [-0.1, -0.05) is 36.4 Å². The number of nitrogens with zero attached hydrogens (tertiary/aromatic N) is 2. The van der Waals surface area contributed by atoms with Crippen molar-refractivity contribution in [3.8, 4) is 11.1 Å². The number of hydrogen-bond donors (Lipinski definition) is 1. The fourth-order valence-electron chi connectivity index (χ4n) is 4.42. The minimum atomic E-state index is -3.63. The SMILES string of the molecule is C[C@@H]1CCCN1CCc1ccc(-c2ccc(S(=O)(=O)N3CCC[C@@H]3O)cc2)cc1. The van der Waals surface area contributed by atoms with E-state index in [1.807, 2.05) is 12.1 Å². The van der Waals surface area contributed by atoms with E-state index >= 15 is 0 Å². The average molecular weight is 415 g/mol. The second-order valence-corrected chi connectivity index (χ2v) is 10.1. The summed E-state index contributed by atoms with van der Waals surface area (Å²) in [5.74, 6) is 0. The fourth-order valence-corrected chi connectivity index (χ4v) is 5.97. The Balaban J connectivity index is 1.42. The molecule has 0 aliphatic carbocycles. The van der Waals surface area contributed by atoms with Crippen LogP contribution in [0.4, 0.5) is 0 Å². The van der Waals surface area contributed by atoms with E-state index in [0.29, 0.717) is 25.4 Å². The van der Waals surface area contributed by atoms with Crippen LogP contribution in [0.3, 0.4) is 0 Å². The molecule has 2 saturated heterocycles. The molecule has 0 bridgehead atoms. The number of hydrogen-bond acceptors (Lipinski definition) is 4. The van der Waals surface area contributed by atoms with E-state index in [2.05, 4.69) is 36.1 Å². The Morgan fingerprint density at radius 2 is 1.55 bits per heavy atom. The van der Waals surface area contributed by atoms with Crippen molar-refractivity contribution in [1.29, 1.82) is 0 Å². The van der Waals surface area contributed by atoms with Gasteiger partial charge in [-0.25, -0.2) is 8.42 Å². The molecule has 2 aliphatic heterocycles. The standard InChI is InChI=1S/C23H30N2O3S/c1-18-4-2-15-24(18)17-14-19-6-8-20(9-7-19)21-10-12-22(13-11-21)29(27,28)25-16-3-5-23(25)26/h6-13,18,23,26H,2-5,14-17H2,1H3/t18-,23+/m1/s1. The Bertz CT molecular complexity index is 926. The molecule has 0 amide bonds. The number of aliphatic hydroxyl groups excluding tert-OH is 1. The van der Waals surface area contributed by atoms with Crippen molar-refractivity contribution in [3.63, 3.8) is 0 Å². The van der Waals surface area contributed by atoms with Gasteiger partial charge in [-0.15, -0.1) is 0 Å². The zero-order chi connectivity index (χ0) is 20.4. The lowest BCUT2D eigenvalue weighted by molar-refractivity contribution is 0.0949. The molecule has 2 fully saturated rings. The van der Waals surface area contributed by atoms with E-state index in [1.54, 1.807) is 12.1 Å². The smallest absolute Gasteiger partial charge is 0.245 e. The van der Waals surface area contributed by atoms with E-state index in [-0.39, 0.29) is 4.90 Å². The van der Waals surface area contributed by atoms with E-state index in [1.165, 1.54) is 29.3 Å². The Kier molecular flexibility index (Phi) is 6.06. The molecular weight excluding hydrogens is 384 g/mol. The highest BCUT2D eigenvalue weighted by molar-refractivity contribution is 7.89. The lowest BCUT2D eigenvalue weighted by Crippen LogP contribution is -2.35. The molecular formula is C23H30N2O3S. The summed E-state index contributed by atoms with van der Waals surface area (Å²) in [6, 6.07) is 16.2. The van der Waals surface area contributed by atoms with Crippen LogP contribution in [0.25, 0.3) is 11.1 Å². The highest BCUT2D eigenvalue weighted by Crippen LogP contribution is 2.27. The third kappa shape index (κ3) is 4.40. The Morgan fingerprint density at radius 3 is 2.10 bits per heavy atom. The first-order valence-electron chi connectivity index (χ1n) is 10.6. The molecule has 0 radical (unpaired) electrons. The van der Waals surface area contributed by atoms with Crippen LogP contribution in [0.15, 0.2) is 53.4 Å². The van der Waals surface area contributed by atoms with Crippen molar-refractivity contribution >= 4 is 10.0 Å². The van der Waals surface area contributed by atoms with Gasteiger partial charge in [0, 0.05) is 19.1 Å². The predicted molar refractivity (Wildman–Crippen MR) is 115 cm³/mol. The van der Waals surface area contributed by atoms with Crippen LogP contribution in [0, 0.1) is 0 Å². The van der Waals surface area contributed by atoms with Gasteiger partial charge >= 0.3 is 0 Å². The Hall–Kier alpha value is -1.73. The van der Waals surface area contributed by atoms with Crippen LogP contribution >= 0.6 is 0 Å². The summed E-state index contributed by atoms with van der Waals surface area (Å²) in [5, 5.41) is 9.92. The molecule has 2 aliphatic rings. The van der Waals surface area contributed by atoms with Gasteiger partial charge < -0.3 is 10.0 Å². The molecule has 156 valence electrons. The maximum atomic E-state index is 12.7. The second kappa shape index (κ2) is 8.56. The normalized spacial score (nSPS) is 23.7. The highest BCUT2D eigenvalue weighted by atomic mass is 32.2. The number of benzene rings is 2. The molecule has 6 heteroatoms. The number of likely N-dealkylation sites (tertiary alicyclic amines) is 1. The summed E-state index contributed by atoms with van der Waals surface area (Å²) in [5.41, 5.74) is 3.40. The summed E-state index contributed by atoms with van der Waals surface area (Å²) in [7, 11) is -3.63. The number of sulfonamides is 1. The van der Waals surface area contributed by atoms with Crippen LogP contribution in [-0.2, 0) is 16.4 Å². The maximum absolute atomic E-state index is 12.7. The van der Waals surface area contributed by atoms with Gasteiger partial charge in [0.15, 0.2) is 0 Å². The molecule has 1 N–H and O–H groups in total. The minimum Gasteiger partial charge on any atom is -0.377 e. The van der Waals surface area contributed by atoms with Crippen LogP contribution in [0.2, 0.25) is 0 Å². The molecule has 0 spiro atoms. The summed E-state index contributed by atoms with van der Waals surface area (Å²) < 4.78 is 26.6. The fraction of sp³-hybridized carbons (Fsp3) is 0.478. The van der Waals surface area contributed by atoms with Crippen LogP contribution in [-0.4, -0.2) is 54.6 Å². The molecule has 2 atom stereocenters. The first-order chi connectivity index (χ1) is 13.9. The van der Waals surface area contributed by atoms with Crippen LogP contribution in [0.5, 0.6) is 0 Å². The van der Waals surface area contributed by atoms with Gasteiger partial charge in [0.05, 0.1) is 4.90 Å². The number of aliphatic hydroxyl groups is 1. The topological polar surface area (TPSA) is 60.9 Å². The first-order valence-corrected chi connectivity index (χ1v) is 12.0. The van der Waals surface area contributed by atoms with Gasteiger partial charge in [0.1, 0.15) is 6.23 Å². The van der Waals surface area contributed by atoms with Gasteiger partial charge in [0.2, 0.25) is 10.0 Å². The summed E-state index contributed by atoms with van der Waals surface area (Å²) >= 11 is 0. The van der Waals surface area contributed by atoms with Crippen molar-refractivity contribution in [2.75, 3.05) is 19.6 Å². The van der Waals surface area contributed by atoms with Gasteiger partial charge in [-0.2, -0.15) is 4.31 Å². The Labute approximate surface area is 174 Å². The van der Waals surface area contributed by atoms with Crippen molar-refractivity contribution in [2.45, 2.75) is 56.2 Å². The van der Waals surface area contributed by atoms with E-state index in [9.17, 15) is 13.5 Å². The number of rotatable bonds is 6. The molecule has 2 aromatic rings. The molecule has 0 aromatic heterocycles. The predicted octanol–water partition coefficient (Wildman–Crippen LogP) is 3.48. The van der Waals surface area contributed by atoms with Crippen molar-refractivity contribution < 1.29 is 13.5 Å². The summed E-state index contributed by atoms with van der Waals surface area (Å²) in [4.78, 5) is 2.79. The van der Waals surface area contributed by atoms with Crippen molar-refractivity contribution in [1.82, 2.24) is 9.21 Å². The average Bonchev–Trinajstić information content (AvgIpc) is 3.35. The lowest BCUT2D eigenvalue weighted by atomic mass is 10.0. The zero-order valence-electron chi connectivity index (χ0n) is 17.0. The van der Waals surface area contributed by atoms with E-state index in [0.717, 1.165) is 24.1 Å². The second-order valence-electron chi connectivity index (χ2n) is 8.24. The van der Waals surface area contributed by atoms with Gasteiger partial charge in [-0.3, -0.25) is 0 Å². The van der Waals surface area contributed by atoms with Crippen LogP contribution in [0.1, 0.15) is 38.2 Å². The molecule has 2 aromatic carbocycles. The molecule has 5 nitrogen and oxygen atoms in total. The third-order valence-electron chi connectivity index (χ3n) is 6.30. The van der Waals surface area contributed by atoms with E-state index in [4.69, 9.17) is 0 Å². The summed E-state index contributed by atoms with van der Waals surface area (Å²) in [6.07, 6.45) is 3.96. The molecule has 0 saturated carbocycles. The molecule has 4 rings (SSSR count). The van der Waals surface area contributed by atoms with Crippen molar-refractivity contribution in [2.24, 2.45) is 0 Å². The molecule has 0 unspecified atom stereocenters. The quantitative estimate of drug-likeness (QED) is 0.786. The molecule has 2 heterocycles. The van der Waals surface area contributed by atoms with Gasteiger partial charge in [-0.05, 0) is 74.4 Å². The largest absolute Gasteiger partial charge is 0.377 e. The summed E-state index contributed by atoms with van der Waals surface area (Å²) in [6.45, 7) is 5.01. The van der Waals surface area contributed by atoms with Gasteiger partial charge in [0.25, 0.3) is 0 Å². The highest BCUT2D eigenvalue weighted by Gasteiger charge is 2.33. The lowest BCUT2D eigenvalue weighted by Gasteiger charge is -2.20. The zero-order valence-corrected chi connectivity index (χ0v) is 17.8. The monoisotopic (exact) mass is 414 g/mol. The van der Waals surface area contributed by atoms with Crippen LogP contribution < -0.4 is 0 Å². The Morgan fingerprint density at radius 1 is 0.931 bits per heavy atom. The molecule has 29 heavy (non-hydrogen) atoms. The maximum Gasteiger partial charge on any atom is 0.245 e.